The molecule has 150 valence electrons. The molecule has 5 nitrogen and oxygen atoms in total. The predicted molar refractivity (Wildman–Crippen MR) is 111 cm³/mol. The number of nitrogens with zero attached hydrogens (tertiary/aromatic N) is 1. The maximum atomic E-state index is 12.2. The van der Waals surface area contributed by atoms with Crippen molar-refractivity contribution in [3.05, 3.63) is 28.8 Å². The molecule has 3 fully saturated rings. The molecule has 3 aliphatic rings. The lowest BCUT2D eigenvalue weighted by atomic mass is 9.50. The fraction of sp³-hybridized carbons (Fsp3) is 0.619. The number of hydrogen-bond donors (Lipinski definition) is 1. The van der Waals surface area contributed by atoms with Crippen LogP contribution >= 0.6 is 11.3 Å². The van der Waals surface area contributed by atoms with E-state index in [1.807, 2.05) is 11.3 Å². The Kier molecular flexibility index (Phi) is 4.32. The second kappa shape index (κ2) is 6.52. The predicted octanol–water partition coefficient (Wildman–Crippen LogP) is 3.71. The van der Waals surface area contributed by atoms with Crippen LogP contribution in [0, 0.1) is 12.3 Å². The van der Waals surface area contributed by atoms with E-state index in [0.717, 1.165) is 31.2 Å². The van der Waals surface area contributed by atoms with Crippen molar-refractivity contribution >= 4 is 37.3 Å². The topological polar surface area (TPSA) is 76.1 Å². The van der Waals surface area contributed by atoms with E-state index in [1.54, 1.807) is 0 Å². The average Bonchev–Trinajstić information content (AvgIpc) is 3.11. The summed E-state index contributed by atoms with van der Waals surface area (Å²) in [6.45, 7) is 2.10. The maximum absolute atomic E-state index is 12.2. The van der Waals surface area contributed by atoms with Gasteiger partial charge in [0.25, 0.3) is 0 Å². The Morgan fingerprint density at radius 1 is 1.29 bits per heavy atom. The van der Waals surface area contributed by atoms with Gasteiger partial charge in [-0.25, -0.2) is 13.4 Å². The first-order valence-corrected chi connectivity index (χ1v) is 12.7. The number of aromatic nitrogens is 1. The summed E-state index contributed by atoms with van der Waals surface area (Å²) in [7, 11) is -3.04. The minimum absolute atomic E-state index is 0.0901. The van der Waals surface area contributed by atoms with Gasteiger partial charge in [0, 0.05) is 18.4 Å². The molecule has 2 saturated carbocycles. The van der Waals surface area contributed by atoms with Crippen molar-refractivity contribution in [2.75, 3.05) is 5.75 Å². The van der Waals surface area contributed by atoms with Crippen LogP contribution in [-0.2, 0) is 14.6 Å². The second-order valence-corrected chi connectivity index (χ2v) is 12.6. The van der Waals surface area contributed by atoms with Crippen molar-refractivity contribution in [3.63, 3.8) is 0 Å². The lowest BCUT2D eigenvalue weighted by Gasteiger charge is -2.57. The third kappa shape index (κ3) is 3.26. The molecule has 1 spiro atoms. The van der Waals surface area contributed by atoms with Crippen molar-refractivity contribution < 1.29 is 13.2 Å². The molecule has 2 heterocycles. The average molecular weight is 419 g/mol. The lowest BCUT2D eigenvalue weighted by Crippen LogP contribution is -2.55. The van der Waals surface area contributed by atoms with Gasteiger partial charge in [-0.2, -0.15) is 0 Å². The van der Waals surface area contributed by atoms with Gasteiger partial charge in [0.2, 0.25) is 5.91 Å². The van der Waals surface area contributed by atoms with Crippen molar-refractivity contribution in [2.24, 2.45) is 5.41 Å². The Bertz CT molecular complexity index is 1030. The SMILES string of the molecule is Cc1ccc2sc(C3CC4(CC(NC(=O)CC5CCCS5(=O)=O)C4)C3)nc2c1. The van der Waals surface area contributed by atoms with Crippen LogP contribution in [0.4, 0.5) is 0 Å². The van der Waals surface area contributed by atoms with Gasteiger partial charge in [0.05, 0.1) is 26.2 Å². The quantitative estimate of drug-likeness (QED) is 0.821. The fourth-order valence-corrected chi connectivity index (χ4v) is 8.27. The molecule has 1 aliphatic heterocycles. The highest BCUT2D eigenvalue weighted by atomic mass is 32.2. The normalized spacial score (nSPS) is 33.5. The summed E-state index contributed by atoms with van der Waals surface area (Å²) in [5.41, 5.74) is 2.73. The summed E-state index contributed by atoms with van der Waals surface area (Å²) >= 11 is 1.82. The summed E-state index contributed by atoms with van der Waals surface area (Å²) in [6.07, 6.45) is 5.84. The number of carbonyl (C=O) groups is 1. The Morgan fingerprint density at radius 3 is 2.79 bits per heavy atom. The Hall–Kier alpha value is -1.47. The first-order valence-electron chi connectivity index (χ1n) is 10.2. The molecule has 28 heavy (non-hydrogen) atoms. The van der Waals surface area contributed by atoms with Crippen LogP contribution in [0.3, 0.4) is 0 Å². The first-order chi connectivity index (χ1) is 13.3. The molecule has 5 rings (SSSR count). The third-order valence-corrected chi connectivity index (χ3v) is 10.3. The lowest BCUT2D eigenvalue weighted by molar-refractivity contribution is -0.124. The summed E-state index contributed by atoms with van der Waals surface area (Å²) in [5, 5.41) is 3.86. The van der Waals surface area contributed by atoms with Crippen LogP contribution in [0.15, 0.2) is 18.2 Å². The molecule has 1 N–H and O–H groups in total. The van der Waals surface area contributed by atoms with Crippen LogP contribution < -0.4 is 5.32 Å². The zero-order chi connectivity index (χ0) is 19.5. The van der Waals surface area contributed by atoms with Crippen LogP contribution in [0.2, 0.25) is 0 Å². The van der Waals surface area contributed by atoms with Crippen LogP contribution in [-0.4, -0.2) is 36.4 Å². The molecule has 2 aliphatic carbocycles. The summed E-state index contributed by atoms with van der Waals surface area (Å²) < 4.78 is 25.1. The standard InChI is InChI=1S/C21H26N2O3S2/c1-13-4-5-18-17(7-13)23-20(27-18)14-9-21(10-14)11-15(12-21)22-19(24)8-16-3-2-6-28(16,25)26/h4-5,7,14-16H,2-3,6,8-12H2,1H3,(H,22,24). The minimum atomic E-state index is -3.04. The molecule has 0 radical (unpaired) electrons. The van der Waals surface area contributed by atoms with Crippen molar-refractivity contribution in [2.45, 2.75) is 69.1 Å². The second-order valence-electron chi connectivity index (χ2n) is 9.14. The van der Waals surface area contributed by atoms with E-state index in [2.05, 4.69) is 30.4 Å². The molecule has 7 heteroatoms. The molecule has 1 aromatic carbocycles. The van der Waals surface area contributed by atoms with E-state index in [0.29, 0.717) is 24.2 Å². The van der Waals surface area contributed by atoms with Crippen LogP contribution in [0.5, 0.6) is 0 Å². The number of aryl methyl sites for hydroxylation is 1. The number of amides is 1. The summed E-state index contributed by atoms with van der Waals surface area (Å²) in [4.78, 5) is 17.1. The fourth-order valence-electron chi connectivity index (χ4n) is 5.39. The molecular formula is C21H26N2O3S2. The number of rotatable bonds is 4. The largest absolute Gasteiger partial charge is 0.353 e. The van der Waals surface area contributed by atoms with Gasteiger partial charge in [-0.3, -0.25) is 4.79 Å². The van der Waals surface area contributed by atoms with E-state index < -0.39 is 15.1 Å². The van der Waals surface area contributed by atoms with Crippen molar-refractivity contribution in [1.82, 2.24) is 10.3 Å². The molecular weight excluding hydrogens is 392 g/mol. The van der Waals surface area contributed by atoms with Gasteiger partial charge in [-0.1, -0.05) is 6.07 Å². The monoisotopic (exact) mass is 418 g/mol. The molecule has 1 unspecified atom stereocenters. The molecule has 2 aromatic rings. The Labute approximate surface area is 169 Å². The summed E-state index contributed by atoms with van der Waals surface area (Å²) in [5.74, 6) is 0.704. The number of fused-ring (bicyclic) bond motifs is 1. The Morgan fingerprint density at radius 2 is 2.07 bits per heavy atom. The summed E-state index contributed by atoms with van der Waals surface area (Å²) in [6, 6.07) is 6.68. The van der Waals surface area contributed by atoms with E-state index in [9.17, 15) is 13.2 Å². The Balaban J connectivity index is 1.12. The van der Waals surface area contributed by atoms with E-state index in [-0.39, 0.29) is 24.1 Å². The van der Waals surface area contributed by atoms with Crippen molar-refractivity contribution in [3.8, 4) is 0 Å². The molecule has 0 bridgehead atoms. The van der Waals surface area contributed by atoms with Crippen molar-refractivity contribution in [1.29, 1.82) is 0 Å². The van der Waals surface area contributed by atoms with Gasteiger partial charge in [-0.15, -0.1) is 11.3 Å². The zero-order valence-corrected chi connectivity index (χ0v) is 17.7. The third-order valence-electron chi connectivity index (χ3n) is 6.87. The van der Waals surface area contributed by atoms with Gasteiger partial charge in [0.15, 0.2) is 9.84 Å². The molecule has 1 saturated heterocycles. The highest BCUT2D eigenvalue weighted by Crippen LogP contribution is 2.62. The van der Waals surface area contributed by atoms with Gasteiger partial charge >= 0.3 is 0 Å². The molecule has 1 aromatic heterocycles. The number of hydrogen-bond acceptors (Lipinski definition) is 5. The van der Waals surface area contributed by atoms with Gasteiger partial charge < -0.3 is 5.32 Å². The van der Waals surface area contributed by atoms with E-state index in [1.165, 1.54) is 15.3 Å². The molecule has 1 amide bonds. The zero-order valence-electron chi connectivity index (χ0n) is 16.1. The first kappa shape index (κ1) is 18.6. The number of thiazole rings is 1. The van der Waals surface area contributed by atoms with Crippen LogP contribution in [0.1, 0.15) is 61.4 Å². The van der Waals surface area contributed by atoms with Gasteiger partial charge in [0.1, 0.15) is 0 Å². The van der Waals surface area contributed by atoms with Crippen LogP contribution in [0.25, 0.3) is 10.2 Å². The van der Waals surface area contributed by atoms with E-state index in [4.69, 9.17) is 4.98 Å². The number of carbonyl (C=O) groups excluding carboxylic acids is 1. The highest BCUT2D eigenvalue weighted by Gasteiger charge is 2.54. The highest BCUT2D eigenvalue weighted by molar-refractivity contribution is 7.92. The number of nitrogens with one attached hydrogen (secondary N) is 1. The number of sulfone groups is 1. The smallest absolute Gasteiger partial charge is 0.221 e. The maximum Gasteiger partial charge on any atom is 0.221 e. The number of benzene rings is 1. The molecule has 1 atom stereocenters. The van der Waals surface area contributed by atoms with E-state index >= 15 is 0 Å². The van der Waals surface area contributed by atoms with Gasteiger partial charge in [-0.05, 0) is 68.6 Å². The minimum Gasteiger partial charge on any atom is -0.353 e.